The van der Waals surface area contributed by atoms with Gasteiger partial charge in [0.2, 0.25) is 0 Å². The first kappa shape index (κ1) is 16.2. The Hall–Kier alpha value is -1.13. The van der Waals surface area contributed by atoms with Crippen molar-refractivity contribution in [2.75, 3.05) is 7.11 Å². The lowest BCUT2D eigenvalue weighted by molar-refractivity contribution is 0.187. The van der Waals surface area contributed by atoms with E-state index in [1.54, 1.807) is 12.1 Å². The molecule has 0 radical (unpaired) electrons. The van der Waals surface area contributed by atoms with Gasteiger partial charge in [-0.05, 0) is 49.5 Å². The minimum atomic E-state index is -0.297. The molecule has 2 rings (SSSR count). The molecule has 1 aliphatic rings. The zero-order valence-electron chi connectivity index (χ0n) is 13.2. The minimum absolute atomic E-state index is 0.145. The molecule has 0 saturated heterocycles. The SMILES string of the molecule is COc1cccc(C(NN)C2CCC(C(C)C)CC2)c1F. The molecule has 21 heavy (non-hydrogen) atoms. The maximum Gasteiger partial charge on any atom is 0.169 e. The zero-order chi connectivity index (χ0) is 15.4. The van der Waals surface area contributed by atoms with Crippen molar-refractivity contribution in [2.45, 2.75) is 45.6 Å². The van der Waals surface area contributed by atoms with E-state index in [4.69, 9.17) is 10.6 Å². The largest absolute Gasteiger partial charge is 0.494 e. The van der Waals surface area contributed by atoms with Gasteiger partial charge in [-0.3, -0.25) is 11.3 Å². The summed E-state index contributed by atoms with van der Waals surface area (Å²) in [6.07, 6.45) is 4.58. The van der Waals surface area contributed by atoms with Gasteiger partial charge in [-0.2, -0.15) is 0 Å². The Kier molecular flexibility index (Phi) is 5.59. The number of hydrazine groups is 1. The highest BCUT2D eigenvalue weighted by Gasteiger charge is 2.31. The van der Waals surface area contributed by atoms with E-state index in [0.717, 1.165) is 24.7 Å². The number of nitrogens with two attached hydrogens (primary N) is 1. The van der Waals surface area contributed by atoms with Crippen molar-refractivity contribution in [1.82, 2.24) is 5.43 Å². The Balaban J connectivity index is 2.14. The van der Waals surface area contributed by atoms with E-state index >= 15 is 0 Å². The molecule has 1 aliphatic carbocycles. The van der Waals surface area contributed by atoms with E-state index in [1.165, 1.54) is 20.0 Å². The van der Waals surface area contributed by atoms with Gasteiger partial charge in [0.1, 0.15) is 0 Å². The van der Waals surface area contributed by atoms with E-state index in [1.807, 2.05) is 6.07 Å². The van der Waals surface area contributed by atoms with E-state index < -0.39 is 0 Å². The molecule has 0 amide bonds. The number of halogens is 1. The maximum atomic E-state index is 14.4. The van der Waals surface area contributed by atoms with E-state index in [9.17, 15) is 4.39 Å². The molecule has 1 fully saturated rings. The van der Waals surface area contributed by atoms with Crippen LogP contribution in [0.15, 0.2) is 18.2 Å². The van der Waals surface area contributed by atoms with Gasteiger partial charge >= 0.3 is 0 Å². The van der Waals surface area contributed by atoms with Crippen molar-refractivity contribution in [2.24, 2.45) is 23.6 Å². The van der Waals surface area contributed by atoms with Crippen LogP contribution in [0.2, 0.25) is 0 Å². The molecule has 4 heteroatoms. The molecule has 3 nitrogen and oxygen atoms in total. The average Bonchev–Trinajstić information content (AvgIpc) is 2.50. The smallest absolute Gasteiger partial charge is 0.169 e. The number of hydrogen-bond donors (Lipinski definition) is 2. The van der Waals surface area contributed by atoms with Gasteiger partial charge < -0.3 is 4.74 Å². The van der Waals surface area contributed by atoms with Gasteiger partial charge in [-0.1, -0.05) is 26.0 Å². The van der Waals surface area contributed by atoms with Crippen molar-refractivity contribution in [3.8, 4) is 5.75 Å². The monoisotopic (exact) mass is 294 g/mol. The third-order valence-electron chi connectivity index (χ3n) is 4.96. The summed E-state index contributed by atoms with van der Waals surface area (Å²) in [6, 6.07) is 5.12. The van der Waals surface area contributed by atoms with Crippen LogP contribution in [0.25, 0.3) is 0 Å². The van der Waals surface area contributed by atoms with E-state index in [-0.39, 0.29) is 17.6 Å². The average molecular weight is 294 g/mol. The highest BCUT2D eigenvalue weighted by Crippen LogP contribution is 2.40. The van der Waals surface area contributed by atoms with Gasteiger partial charge in [0.15, 0.2) is 11.6 Å². The molecule has 1 unspecified atom stereocenters. The second-order valence-corrected chi connectivity index (χ2v) is 6.43. The number of hydrogen-bond acceptors (Lipinski definition) is 3. The van der Waals surface area contributed by atoms with E-state index in [0.29, 0.717) is 11.5 Å². The lowest BCUT2D eigenvalue weighted by atomic mass is 9.73. The topological polar surface area (TPSA) is 47.3 Å². The number of methoxy groups -OCH3 is 1. The van der Waals surface area contributed by atoms with Crippen LogP contribution < -0.4 is 16.0 Å². The fraction of sp³-hybridized carbons (Fsp3) is 0.647. The molecule has 1 aromatic carbocycles. The summed E-state index contributed by atoms with van der Waals surface area (Å²) >= 11 is 0. The predicted octanol–water partition coefficient (Wildman–Crippen LogP) is 3.80. The van der Waals surface area contributed by atoms with Crippen LogP contribution in [-0.2, 0) is 0 Å². The third-order valence-corrected chi connectivity index (χ3v) is 4.96. The molecule has 0 spiro atoms. The fourth-order valence-corrected chi connectivity index (χ4v) is 3.55. The number of nitrogens with one attached hydrogen (secondary N) is 1. The summed E-state index contributed by atoms with van der Waals surface area (Å²) in [7, 11) is 1.49. The van der Waals surface area contributed by atoms with Crippen molar-refractivity contribution >= 4 is 0 Å². The summed E-state index contributed by atoms with van der Waals surface area (Å²) in [5.74, 6) is 7.61. The van der Waals surface area contributed by atoms with Gasteiger partial charge in [0.25, 0.3) is 0 Å². The van der Waals surface area contributed by atoms with Crippen LogP contribution in [0.4, 0.5) is 4.39 Å². The van der Waals surface area contributed by atoms with Crippen LogP contribution in [0.1, 0.15) is 51.1 Å². The minimum Gasteiger partial charge on any atom is -0.494 e. The lowest BCUT2D eigenvalue weighted by Crippen LogP contribution is -2.36. The van der Waals surface area contributed by atoms with Gasteiger partial charge in [0.05, 0.1) is 13.2 Å². The second-order valence-electron chi connectivity index (χ2n) is 6.43. The number of rotatable bonds is 5. The Morgan fingerprint density at radius 2 is 1.81 bits per heavy atom. The predicted molar refractivity (Wildman–Crippen MR) is 83.3 cm³/mol. The normalized spacial score (nSPS) is 24.1. The first-order valence-corrected chi connectivity index (χ1v) is 7.87. The van der Waals surface area contributed by atoms with Crippen molar-refractivity contribution in [1.29, 1.82) is 0 Å². The van der Waals surface area contributed by atoms with Crippen LogP contribution in [-0.4, -0.2) is 7.11 Å². The summed E-state index contributed by atoms with van der Waals surface area (Å²) < 4.78 is 19.5. The van der Waals surface area contributed by atoms with Crippen molar-refractivity contribution in [3.05, 3.63) is 29.6 Å². The number of ether oxygens (including phenoxy) is 1. The van der Waals surface area contributed by atoms with Crippen LogP contribution in [0, 0.1) is 23.6 Å². The molecular formula is C17H27FN2O. The standard InChI is InChI=1S/C17H27FN2O/c1-11(2)12-7-9-13(10-8-12)17(20-19)14-5-4-6-15(21-3)16(14)18/h4-6,11-13,17,20H,7-10,19H2,1-3H3. The van der Waals surface area contributed by atoms with Gasteiger partial charge in [-0.15, -0.1) is 0 Å². The molecule has 0 aliphatic heterocycles. The third kappa shape index (κ3) is 3.55. The zero-order valence-corrected chi connectivity index (χ0v) is 13.2. The Labute approximate surface area is 127 Å². The molecule has 0 heterocycles. The molecular weight excluding hydrogens is 267 g/mol. The van der Waals surface area contributed by atoms with Crippen LogP contribution >= 0.6 is 0 Å². The highest BCUT2D eigenvalue weighted by molar-refractivity contribution is 5.33. The Morgan fingerprint density at radius 3 is 2.33 bits per heavy atom. The fourth-order valence-electron chi connectivity index (χ4n) is 3.55. The molecule has 0 bridgehead atoms. The second kappa shape index (κ2) is 7.23. The number of benzene rings is 1. The summed E-state index contributed by atoms with van der Waals surface area (Å²) in [4.78, 5) is 0. The Bertz CT molecular complexity index is 456. The van der Waals surface area contributed by atoms with Crippen molar-refractivity contribution < 1.29 is 9.13 Å². The molecule has 1 atom stereocenters. The maximum absolute atomic E-state index is 14.4. The molecule has 1 saturated carbocycles. The van der Waals surface area contributed by atoms with E-state index in [2.05, 4.69) is 19.3 Å². The van der Waals surface area contributed by atoms with Crippen LogP contribution in [0.3, 0.4) is 0 Å². The molecule has 3 N–H and O–H groups in total. The molecule has 1 aromatic rings. The Morgan fingerprint density at radius 1 is 1.19 bits per heavy atom. The first-order chi connectivity index (χ1) is 10.1. The quantitative estimate of drug-likeness (QED) is 0.641. The van der Waals surface area contributed by atoms with Gasteiger partial charge in [-0.25, -0.2) is 4.39 Å². The summed E-state index contributed by atoms with van der Waals surface area (Å²) in [5.41, 5.74) is 3.44. The highest BCUT2D eigenvalue weighted by atomic mass is 19.1. The first-order valence-electron chi connectivity index (χ1n) is 7.87. The molecule has 0 aromatic heterocycles. The molecule has 118 valence electrons. The summed E-state index contributed by atoms with van der Waals surface area (Å²) in [6.45, 7) is 4.57. The lowest BCUT2D eigenvalue weighted by Gasteiger charge is -2.35. The van der Waals surface area contributed by atoms with Gasteiger partial charge in [0, 0.05) is 5.56 Å². The summed E-state index contributed by atoms with van der Waals surface area (Å²) in [5, 5.41) is 0. The van der Waals surface area contributed by atoms with Crippen LogP contribution in [0.5, 0.6) is 5.75 Å². The van der Waals surface area contributed by atoms with Crippen molar-refractivity contribution in [3.63, 3.8) is 0 Å².